The van der Waals surface area contributed by atoms with E-state index in [9.17, 15) is 9.59 Å². The Labute approximate surface area is 153 Å². The molecule has 2 fully saturated rings. The first-order valence-corrected chi connectivity index (χ1v) is 9.51. The molecule has 1 aromatic carbocycles. The molecule has 1 N–H and O–H groups in total. The highest BCUT2D eigenvalue weighted by atomic mass is 16.5. The van der Waals surface area contributed by atoms with Gasteiger partial charge in [-0.2, -0.15) is 0 Å². The second-order valence-electron chi connectivity index (χ2n) is 7.06. The molecule has 2 amide bonds. The van der Waals surface area contributed by atoms with Gasteiger partial charge in [0.2, 0.25) is 11.8 Å². The Morgan fingerprint density at radius 2 is 1.88 bits per heavy atom. The third-order valence-electron chi connectivity index (χ3n) is 5.61. The van der Waals surface area contributed by atoms with Crippen LogP contribution in [0.4, 0.5) is 11.4 Å². The second kappa shape index (κ2) is 7.15. The van der Waals surface area contributed by atoms with Gasteiger partial charge in [0.15, 0.2) is 5.75 Å². The molecule has 0 saturated carbocycles. The van der Waals surface area contributed by atoms with Gasteiger partial charge in [-0.25, -0.2) is 0 Å². The number of fused-ring (bicyclic) bond motifs is 1. The second-order valence-corrected chi connectivity index (χ2v) is 7.06. The van der Waals surface area contributed by atoms with E-state index in [-0.39, 0.29) is 17.9 Å². The standard InChI is InChI=1S/C19H26N4O3/c1-2-21-8-10-22(11-9-21)14-4-3-5-15-18(14)26-13-12-23(15)16-6-7-17(24)20-19(16)25/h3-5,16H,2,6-13H2,1H3,(H,20,24,25). The number of anilines is 2. The largest absolute Gasteiger partial charge is 0.487 e. The van der Waals surface area contributed by atoms with Gasteiger partial charge in [0.05, 0.1) is 17.9 Å². The van der Waals surface area contributed by atoms with Gasteiger partial charge in [0, 0.05) is 32.6 Å². The molecule has 3 aliphatic rings. The molecule has 3 heterocycles. The van der Waals surface area contributed by atoms with E-state index in [4.69, 9.17) is 4.74 Å². The molecule has 0 spiro atoms. The molecule has 0 aliphatic carbocycles. The van der Waals surface area contributed by atoms with Crippen LogP contribution in [-0.2, 0) is 9.59 Å². The van der Waals surface area contributed by atoms with Crippen molar-refractivity contribution in [2.45, 2.75) is 25.8 Å². The fraction of sp³-hybridized carbons (Fsp3) is 0.579. The van der Waals surface area contributed by atoms with Crippen LogP contribution >= 0.6 is 0 Å². The molecule has 0 aromatic heterocycles. The van der Waals surface area contributed by atoms with Gasteiger partial charge in [-0.05, 0) is 25.1 Å². The van der Waals surface area contributed by atoms with E-state index in [1.165, 1.54) is 0 Å². The smallest absolute Gasteiger partial charge is 0.249 e. The van der Waals surface area contributed by atoms with Crippen LogP contribution in [0.25, 0.3) is 0 Å². The average molecular weight is 358 g/mol. The lowest BCUT2D eigenvalue weighted by atomic mass is 10.0. The van der Waals surface area contributed by atoms with Gasteiger partial charge in [-0.1, -0.05) is 13.0 Å². The van der Waals surface area contributed by atoms with Gasteiger partial charge in [-0.15, -0.1) is 0 Å². The van der Waals surface area contributed by atoms with Crippen molar-refractivity contribution in [1.82, 2.24) is 10.2 Å². The molecule has 1 aromatic rings. The lowest BCUT2D eigenvalue weighted by Gasteiger charge is -2.41. The Morgan fingerprint density at radius 1 is 1.12 bits per heavy atom. The number of amides is 2. The minimum absolute atomic E-state index is 0.178. The Balaban J connectivity index is 1.59. The lowest BCUT2D eigenvalue weighted by Crippen LogP contribution is -2.54. The van der Waals surface area contributed by atoms with E-state index in [2.05, 4.69) is 33.0 Å². The van der Waals surface area contributed by atoms with E-state index in [1.54, 1.807) is 0 Å². The molecular weight excluding hydrogens is 332 g/mol. The van der Waals surface area contributed by atoms with E-state index >= 15 is 0 Å². The maximum atomic E-state index is 12.3. The van der Waals surface area contributed by atoms with Crippen molar-refractivity contribution in [3.05, 3.63) is 18.2 Å². The fourth-order valence-electron chi connectivity index (χ4n) is 4.11. The number of piperazine rings is 1. The Morgan fingerprint density at radius 3 is 2.62 bits per heavy atom. The number of rotatable bonds is 3. The minimum atomic E-state index is -0.303. The van der Waals surface area contributed by atoms with Crippen LogP contribution in [0, 0.1) is 0 Å². The molecule has 7 heteroatoms. The van der Waals surface area contributed by atoms with E-state index in [0.717, 1.165) is 49.8 Å². The van der Waals surface area contributed by atoms with E-state index in [1.807, 2.05) is 12.1 Å². The quantitative estimate of drug-likeness (QED) is 0.808. The molecule has 26 heavy (non-hydrogen) atoms. The van der Waals surface area contributed by atoms with E-state index in [0.29, 0.717) is 26.0 Å². The SMILES string of the molecule is CCN1CCN(c2cccc3c2OCCN3C2CCC(=O)NC2=O)CC1. The molecule has 3 aliphatic heterocycles. The number of hydrogen-bond acceptors (Lipinski definition) is 6. The first-order valence-electron chi connectivity index (χ1n) is 9.51. The number of nitrogens with one attached hydrogen (secondary N) is 1. The molecule has 1 atom stereocenters. The average Bonchev–Trinajstić information content (AvgIpc) is 2.67. The van der Waals surface area contributed by atoms with E-state index < -0.39 is 0 Å². The van der Waals surface area contributed by atoms with Crippen LogP contribution in [0.3, 0.4) is 0 Å². The molecule has 0 radical (unpaired) electrons. The van der Waals surface area contributed by atoms with Crippen molar-refractivity contribution in [2.75, 3.05) is 55.7 Å². The molecule has 1 unspecified atom stereocenters. The molecule has 0 bridgehead atoms. The van der Waals surface area contributed by atoms with Crippen molar-refractivity contribution >= 4 is 23.2 Å². The van der Waals surface area contributed by atoms with Gasteiger partial charge >= 0.3 is 0 Å². The number of para-hydroxylation sites is 1. The third-order valence-corrected chi connectivity index (χ3v) is 5.61. The third kappa shape index (κ3) is 3.11. The summed E-state index contributed by atoms with van der Waals surface area (Å²) >= 11 is 0. The summed E-state index contributed by atoms with van der Waals surface area (Å²) in [5, 5.41) is 2.47. The summed E-state index contributed by atoms with van der Waals surface area (Å²) in [7, 11) is 0. The Hall–Kier alpha value is -2.28. The number of carbonyl (C=O) groups is 2. The summed E-state index contributed by atoms with van der Waals surface area (Å²) in [4.78, 5) is 30.7. The van der Waals surface area contributed by atoms with Crippen LogP contribution in [0.5, 0.6) is 5.75 Å². The maximum Gasteiger partial charge on any atom is 0.249 e. The molecule has 4 rings (SSSR count). The summed E-state index contributed by atoms with van der Waals surface area (Å²) in [6, 6.07) is 5.86. The summed E-state index contributed by atoms with van der Waals surface area (Å²) in [5.74, 6) is 0.492. The van der Waals surface area contributed by atoms with Crippen molar-refractivity contribution in [1.29, 1.82) is 0 Å². The number of ether oxygens (including phenoxy) is 1. The Bertz CT molecular complexity index is 700. The predicted molar refractivity (Wildman–Crippen MR) is 99.8 cm³/mol. The highest BCUT2D eigenvalue weighted by Crippen LogP contribution is 2.42. The monoisotopic (exact) mass is 358 g/mol. The summed E-state index contributed by atoms with van der Waals surface area (Å²) in [5.41, 5.74) is 2.07. The van der Waals surface area contributed by atoms with Crippen LogP contribution in [0.2, 0.25) is 0 Å². The van der Waals surface area contributed by atoms with Crippen molar-refractivity contribution in [2.24, 2.45) is 0 Å². The van der Waals surface area contributed by atoms with Crippen molar-refractivity contribution in [3.63, 3.8) is 0 Å². The van der Waals surface area contributed by atoms with Crippen LogP contribution in [-0.4, -0.2) is 68.6 Å². The van der Waals surface area contributed by atoms with Crippen molar-refractivity contribution in [3.8, 4) is 5.75 Å². The lowest BCUT2D eigenvalue weighted by molar-refractivity contribution is -0.134. The highest BCUT2D eigenvalue weighted by Gasteiger charge is 2.35. The van der Waals surface area contributed by atoms with Gasteiger partial charge in [0.1, 0.15) is 12.6 Å². The first-order chi connectivity index (χ1) is 12.7. The number of imide groups is 1. The van der Waals surface area contributed by atoms with Crippen LogP contribution in [0.1, 0.15) is 19.8 Å². The van der Waals surface area contributed by atoms with Gasteiger partial charge in [-0.3, -0.25) is 14.9 Å². The van der Waals surface area contributed by atoms with Crippen molar-refractivity contribution < 1.29 is 14.3 Å². The molecular formula is C19H26N4O3. The summed E-state index contributed by atoms with van der Waals surface area (Å²) < 4.78 is 6.04. The molecule has 7 nitrogen and oxygen atoms in total. The normalized spacial score (nSPS) is 24.1. The number of nitrogens with zero attached hydrogens (tertiary/aromatic N) is 3. The zero-order valence-corrected chi connectivity index (χ0v) is 15.2. The molecule has 140 valence electrons. The Kier molecular flexibility index (Phi) is 4.72. The zero-order valence-electron chi connectivity index (χ0n) is 15.2. The minimum Gasteiger partial charge on any atom is -0.487 e. The zero-order chi connectivity index (χ0) is 18.1. The number of piperidine rings is 1. The topological polar surface area (TPSA) is 65.1 Å². The summed E-state index contributed by atoms with van der Waals surface area (Å²) in [6.45, 7) is 8.55. The molecule has 2 saturated heterocycles. The predicted octanol–water partition coefficient (Wildman–Crippen LogP) is 0.833. The van der Waals surface area contributed by atoms with Crippen LogP contribution < -0.4 is 19.9 Å². The van der Waals surface area contributed by atoms with Gasteiger partial charge < -0.3 is 19.4 Å². The number of carbonyl (C=O) groups excluding carboxylic acids is 2. The number of hydrogen-bond donors (Lipinski definition) is 1. The maximum absolute atomic E-state index is 12.3. The van der Waals surface area contributed by atoms with Gasteiger partial charge in [0.25, 0.3) is 0 Å². The summed E-state index contributed by atoms with van der Waals surface area (Å²) in [6.07, 6.45) is 0.950. The fourth-order valence-corrected chi connectivity index (χ4v) is 4.11. The number of benzene rings is 1. The first kappa shape index (κ1) is 17.1. The highest BCUT2D eigenvalue weighted by molar-refractivity contribution is 6.02. The number of likely N-dealkylation sites (N-methyl/N-ethyl adjacent to an activating group) is 1. The van der Waals surface area contributed by atoms with Crippen LogP contribution in [0.15, 0.2) is 18.2 Å².